The molecule has 2 heterocycles. The zero-order chi connectivity index (χ0) is 28.2. The Hall–Kier alpha value is -4.73. The van der Waals surface area contributed by atoms with E-state index in [1.807, 2.05) is 44.2 Å². The van der Waals surface area contributed by atoms with Crippen LogP contribution in [0, 0.1) is 19.3 Å². The van der Waals surface area contributed by atoms with Gasteiger partial charge in [0.05, 0.1) is 19.1 Å². The molecule has 0 bridgehead atoms. The van der Waals surface area contributed by atoms with E-state index in [1.54, 1.807) is 50.4 Å². The van der Waals surface area contributed by atoms with Crippen molar-refractivity contribution in [3.8, 4) is 11.6 Å². The van der Waals surface area contributed by atoms with Crippen LogP contribution in [0.5, 0.6) is 11.6 Å². The van der Waals surface area contributed by atoms with Crippen molar-refractivity contribution in [2.45, 2.75) is 40.8 Å². The SMILES string of the molecule is COC(=O)C(C)(C)Cn1c(=O)nc(Nc2ccc(Oc3ccc(C)cn3)cc2)n(Cc2ccc(C)cc2)c1=O. The number of methoxy groups -OCH3 is 1. The fourth-order valence-electron chi connectivity index (χ4n) is 3.89. The monoisotopic (exact) mass is 529 g/mol. The van der Waals surface area contributed by atoms with Gasteiger partial charge in [-0.15, -0.1) is 0 Å². The number of pyridine rings is 1. The Morgan fingerprint density at radius 3 is 2.21 bits per heavy atom. The number of rotatable bonds is 9. The highest BCUT2D eigenvalue weighted by molar-refractivity contribution is 5.75. The molecule has 0 radical (unpaired) electrons. The van der Waals surface area contributed by atoms with Crippen molar-refractivity contribution in [3.05, 3.63) is 105 Å². The van der Waals surface area contributed by atoms with Gasteiger partial charge in [-0.25, -0.2) is 19.1 Å². The second-order valence-corrected chi connectivity index (χ2v) is 9.96. The average Bonchev–Trinajstić information content (AvgIpc) is 2.91. The van der Waals surface area contributed by atoms with E-state index in [2.05, 4.69) is 15.3 Å². The van der Waals surface area contributed by atoms with Crippen molar-refractivity contribution in [3.63, 3.8) is 0 Å². The number of carbonyl (C=O) groups is 1. The van der Waals surface area contributed by atoms with Crippen LogP contribution in [0.25, 0.3) is 0 Å². The largest absolute Gasteiger partial charge is 0.469 e. The lowest BCUT2D eigenvalue weighted by molar-refractivity contribution is -0.151. The maximum absolute atomic E-state index is 13.6. The van der Waals surface area contributed by atoms with E-state index in [0.29, 0.717) is 17.3 Å². The highest BCUT2D eigenvalue weighted by Crippen LogP contribution is 2.23. The smallest absolute Gasteiger partial charge is 0.354 e. The van der Waals surface area contributed by atoms with E-state index in [9.17, 15) is 14.4 Å². The normalized spacial score (nSPS) is 11.2. The molecule has 2 aromatic carbocycles. The van der Waals surface area contributed by atoms with Crippen LogP contribution in [-0.4, -0.2) is 32.2 Å². The number of nitrogens with one attached hydrogen (secondary N) is 1. The summed E-state index contributed by atoms with van der Waals surface area (Å²) in [5, 5.41) is 3.08. The lowest BCUT2D eigenvalue weighted by atomic mass is 9.94. The van der Waals surface area contributed by atoms with Gasteiger partial charge in [0.25, 0.3) is 0 Å². The third kappa shape index (κ3) is 6.59. The first-order valence-corrected chi connectivity index (χ1v) is 12.4. The molecule has 4 rings (SSSR count). The minimum Gasteiger partial charge on any atom is -0.469 e. The summed E-state index contributed by atoms with van der Waals surface area (Å²) in [6.45, 7) is 7.11. The van der Waals surface area contributed by atoms with E-state index in [4.69, 9.17) is 9.47 Å². The molecule has 0 saturated carbocycles. The minimum absolute atomic E-state index is 0.0755. The second-order valence-electron chi connectivity index (χ2n) is 9.96. The highest BCUT2D eigenvalue weighted by atomic mass is 16.5. The van der Waals surface area contributed by atoms with Crippen LogP contribution in [0.2, 0.25) is 0 Å². The number of hydrogen-bond acceptors (Lipinski definition) is 8. The van der Waals surface area contributed by atoms with Crippen molar-refractivity contribution in [1.82, 2.24) is 19.1 Å². The van der Waals surface area contributed by atoms with Crippen molar-refractivity contribution in [1.29, 1.82) is 0 Å². The first-order valence-electron chi connectivity index (χ1n) is 12.4. The maximum Gasteiger partial charge on any atom is 0.354 e. The Kier molecular flexibility index (Phi) is 7.94. The van der Waals surface area contributed by atoms with Crippen LogP contribution in [0.1, 0.15) is 30.5 Å². The molecule has 0 aliphatic heterocycles. The molecule has 39 heavy (non-hydrogen) atoms. The molecule has 2 aromatic heterocycles. The zero-order valence-electron chi connectivity index (χ0n) is 22.6. The van der Waals surface area contributed by atoms with Gasteiger partial charge in [-0.2, -0.15) is 4.98 Å². The Bertz CT molecular complexity index is 1570. The molecule has 1 N–H and O–H groups in total. The van der Waals surface area contributed by atoms with E-state index < -0.39 is 22.8 Å². The molecule has 4 aromatic rings. The summed E-state index contributed by atoms with van der Waals surface area (Å²) >= 11 is 0. The molecular weight excluding hydrogens is 498 g/mol. The number of aryl methyl sites for hydroxylation is 2. The topological polar surface area (TPSA) is 117 Å². The van der Waals surface area contributed by atoms with Crippen LogP contribution in [-0.2, 0) is 22.6 Å². The van der Waals surface area contributed by atoms with Crippen molar-refractivity contribution >= 4 is 17.6 Å². The molecule has 0 aliphatic rings. The molecule has 202 valence electrons. The van der Waals surface area contributed by atoms with Gasteiger partial charge >= 0.3 is 17.3 Å². The van der Waals surface area contributed by atoms with Crippen LogP contribution in [0.3, 0.4) is 0 Å². The lowest BCUT2D eigenvalue weighted by Gasteiger charge is -2.23. The number of benzene rings is 2. The summed E-state index contributed by atoms with van der Waals surface area (Å²) in [6.07, 6.45) is 1.72. The van der Waals surface area contributed by atoms with Crippen molar-refractivity contribution < 1.29 is 14.3 Å². The van der Waals surface area contributed by atoms with Gasteiger partial charge in [0, 0.05) is 24.5 Å². The van der Waals surface area contributed by atoms with E-state index in [0.717, 1.165) is 21.3 Å². The second kappa shape index (κ2) is 11.3. The average molecular weight is 530 g/mol. The Labute approximate surface area is 225 Å². The number of aromatic nitrogens is 4. The van der Waals surface area contributed by atoms with Crippen LogP contribution < -0.4 is 21.4 Å². The third-order valence-corrected chi connectivity index (χ3v) is 6.12. The van der Waals surface area contributed by atoms with E-state index in [-0.39, 0.29) is 19.0 Å². The molecule has 0 atom stereocenters. The molecular formula is C29H31N5O5. The van der Waals surface area contributed by atoms with Crippen molar-refractivity contribution in [2.24, 2.45) is 5.41 Å². The molecule has 0 fully saturated rings. The summed E-state index contributed by atoms with van der Waals surface area (Å²) in [5.41, 5.74) is 1.07. The summed E-state index contributed by atoms with van der Waals surface area (Å²) in [5.74, 6) is 0.576. The summed E-state index contributed by atoms with van der Waals surface area (Å²) in [6, 6.07) is 18.4. The number of hydrogen-bond donors (Lipinski definition) is 1. The van der Waals surface area contributed by atoms with Gasteiger partial charge < -0.3 is 14.8 Å². The van der Waals surface area contributed by atoms with Gasteiger partial charge in [0.15, 0.2) is 0 Å². The highest BCUT2D eigenvalue weighted by Gasteiger charge is 2.31. The summed E-state index contributed by atoms with van der Waals surface area (Å²) in [7, 11) is 1.27. The number of carbonyl (C=O) groups excluding carboxylic acids is 1. The molecule has 10 heteroatoms. The predicted octanol–water partition coefficient (Wildman–Crippen LogP) is 4.20. The van der Waals surface area contributed by atoms with Gasteiger partial charge in [-0.3, -0.25) is 9.36 Å². The molecule has 0 aliphatic carbocycles. The number of anilines is 2. The Balaban J connectivity index is 1.67. The van der Waals surface area contributed by atoms with E-state index >= 15 is 0 Å². The molecule has 0 unspecified atom stereocenters. The van der Waals surface area contributed by atoms with Crippen LogP contribution >= 0.6 is 0 Å². The minimum atomic E-state index is -1.11. The third-order valence-electron chi connectivity index (χ3n) is 6.12. The van der Waals surface area contributed by atoms with Gasteiger partial charge in [-0.1, -0.05) is 35.9 Å². The van der Waals surface area contributed by atoms with Gasteiger partial charge in [-0.05, 0) is 63.1 Å². The van der Waals surface area contributed by atoms with Crippen molar-refractivity contribution in [2.75, 3.05) is 12.4 Å². The molecule has 0 amide bonds. The molecule has 10 nitrogen and oxygen atoms in total. The van der Waals surface area contributed by atoms with Gasteiger partial charge in [0.2, 0.25) is 11.8 Å². The van der Waals surface area contributed by atoms with Crippen LogP contribution in [0.15, 0.2) is 76.4 Å². The Morgan fingerprint density at radius 2 is 1.59 bits per heavy atom. The van der Waals surface area contributed by atoms with Gasteiger partial charge in [0.1, 0.15) is 5.75 Å². The predicted molar refractivity (Wildman–Crippen MR) is 148 cm³/mol. The molecule has 0 spiro atoms. The first kappa shape index (κ1) is 27.3. The number of nitrogens with zero attached hydrogens (tertiary/aromatic N) is 4. The standard InChI is InChI=1S/C29H31N5O5/c1-19-6-9-21(10-7-19)17-33-26(32-27(36)34(28(33)37)18-29(3,4)25(35)38-5)31-22-11-13-23(14-12-22)39-24-15-8-20(2)16-30-24/h6-16H,17-18H2,1-5H3,(H,31,32,36). The number of ether oxygens (including phenoxy) is 2. The maximum atomic E-state index is 13.6. The van der Waals surface area contributed by atoms with E-state index in [1.165, 1.54) is 11.7 Å². The lowest BCUT2D eigenvalue weighted by Crippen LogP contribution is -2.46. The Morgan fingerprint density at radius 1 is 0.923 bits per heavy atom. The molecule has 0 saturated heterocycles. The number of esters is 1. The first-order chi connectivity index (χ1) is 18.6. The zero-order valence-corrected chi connectivity index (χ0v) is 22.6. The summed E-state index contributed by atoms with van der Waals surface area (Å²) in [4.78, 5) is 47.3. The summed E-state index contributed by atoms with van der Waals surface area (Å²) < 4.78 is 13.0. The fourth-order valence-corrected chi connectivity index (χ4v) is 3.89. The quantitative estimate of drug-likeness (QED) is 0.321. The fraction of sp³-hybridized carbons (Fsp3) is 0.276. The van der Waals surface area contributed by atoms with Crippen LogP contribution in [0.4, 0.5) is 11.6 Å².